The van der Waals surface area contributed by atoms with Crippen molar-refractivity contribution in [2.45, 2.75) is 6.92 Å². The molecule has 0 spiro atoms. The van der Waals surface area contributed by atoms with Crippen LogP contribution in [-0.4, -0.2) is 46.4 Å². The first kappa shape index (κ1) is 15.3. The topological polar surface area (TPSA) is 130 Å². The first-order chi connectivity index (χ1) is 9.31. The first-order valence-electron chi connectivity index (χ1n) is 5.38. The number of carboxylic acid groups (broad SMARTS) is 3. The Labute approximate surface area is 113 Å². The number of aromatic carboxylic acids is 1. The van der Waals surface area contributed by atoms with Crippen molar-refractivity contribution in [3.63, 3.8) is 0 Å². The smallest absolute Gasteiger partial charge is 0.341 e. The third-order valence-electron chi connectivity index (χ3n) is 2.26. The molecule has 0 amide bonds. The van der Waals surface area contributed by atoms with E-state index in [0.29, 0.717) is 5.56 Å². The van der Waals surface area contributed by atoms with E-state index in [2.05, 4.69) is 0 Å². The van der Waals surface area contributed by atoms with Crippen LogP contribution in [0, 0.1) is 6.92 Å². The molecule has 8 heteroatoms. The number of rotatable bonds is 7. The molecule has 0 heterocycles. The maximum atomic E-state index is 10.9. The summed E-state index contributed by atoms with van der Waals surface area (Å²) >= 11 is 0. The number of benzene rings is 1. The molecule has 0 saturated heterocycles. The average molecular weight is 284 g/mol. The van der Waals surface area contributed by atoms with E-state index in [4.69, 9.17) is 24.8 Å². The first-order valence-corrected chi connectivity index (χ1v) is 5.38. The Kier molecular flexibility index (Phi) is 4.90. The molecular weight excluding hydrogens is 272 g/mol. The van der Waals surface area contributed by atoms with Gasteiger partial charge in [-0.15, -0.1) is 0 Å². The SMILES string of the molecule is Cc1c(OCC(=O)O)cc(C(=O)O)cc1OCC(=O)O. The summed E-state index contributed by atoms with van der Waals surface area (Å²) in [4.78, 5) is 31.9. The number of hydrogen-bond acceptors (Lipinski definition) is 5. The van der Waals surface area contributed by atoms with E-state index in [0.717, 1.165) is 12.1 Å². The summed E-state index contributed by atoms with van der Waals surface area (Å²) in [6, 6.07) is 2.29. The van der Waals surface area contributed by atoms with Crippen LogP contribution < -0.4 is 9.47 Å². The minimum absolute atomic E-state index is 0.00712. The maximum Gasteiger partial charge on any atom is 0.341 e. The third kappa shape index (κ3) is 4.16. The fourth-order valence-corrected chi connectivity index (χ4v) is 1.36. The molecule has 108 valence electrons. The Hall–Kier alpha value is -2.77. The molecule has 0 bridgehead atoms. The fourth-order valence-electron chi connectivity index (χ4n) is 1.36. The molecule has 0 aliphatic carbocycles. The van der Waals surface area contributed by atoms with Crippen molar-refractivity contribution in [3.05, 3.63) is 23.3 Å². The van der Waals surface area contributed by atoms with E-state index >= 15 is 0 Å². The Morgan fingerprint density at radius 3 is 1.65 bits per heavy atom. The molecule has 0 unspecified atom stereocenters. The lowest BCUT2D eigenvalue weighted by molar-refractivity contribution is -0.140. The average Bonchev–Trinajstić information content (AvgIpc) is 2.35. The molecule has 0 aliphatic heterocycles. The zero-order valence-corrected chi connectivity index (χ0v) is 10.5. The monoisotopic (exact) mass is 284 g/mol. The van der Waals surface area contributed by atoms with Crippen molar-refractivity contribution in [1.82, 2.24) is 0 Å². The van der Waals surface area contributed by atoms with Crippen LogP contribution in [0.3, 0.4) is 0 Å². The second-order valence-electron chi connectivity index (χ2n) is 3.77. The minimum Gasteiger partial charge on any atom is -0.481 e. The number of carbonyl (C=O) groups is 3. The van der Waals surface area contributed by atoms with Gasteiger partial charge < -0.3 is 24.8 Å². The summed E-state index contributed by atoms with van der Waals surface area (Å²) < 4.78 is 9.89. The van der Waals surface area contributed by atoms with Crippen molar-refractivity contribution in [3.8, 4) is 11.5 Å². The van der Waals surface area contributed by atoms with Gasteiger partial charge in [-0.1, -0.05) is 0 Å². The van der Waals surface area contributed by atoms with Gasteiger partial charge in [-0.05, 0) is 19.1 Å². The quantitative estimate of drug-likeness (QED) is 0.664. The molecular formula is C12H12O8. The highest BCUT2D eigenvalue weighted by Crippen LogP contribution is 2.30. The van der Waals surface area contributed by atoms with Crippen LogP contribution in [0.1, 0.15) is 15.9 Å². The van der Waals surface area contributed by atoms with E-state index in [-0.39, 0.29) is 17.1 Å². The van der Waals surface area contributed by atoms with E-state index in [1.165, 1.54) is 6.92 Å². The zero-order valence-electron chi connectivity index (χ0n) is 10.5. The van der Waals surface area contributed by atoms with Crippen LogP contribution in [0.2, 0.25) is 0 Å². The summed E-state index contributed by atoms with van der Waals surface area (Å²) in [5.41, 5.74) is 0.119. The standard InChI is InChI=1S/C12H12O8/c1-6-8(19-4-10(13)14)2-7(12(17)18)3-9(6)20-5-11(15)16/h2-3H,4-5H2,1H3,(H,13,14)(H,15,16)(H,17,18). The van der Waals surface area contributed by atoms with Crippen LogP contribution in [0.15, 0.2) is 12.1 Å². The summed E-state index contributed by atoms with van der Waals surface area (Å²) in [6.45, 7) is 0.199. The van der Waals surface area contributed by atoms with E-state index in [1.807, 2.05) is 0 Å². The van der Waals surface area contributed by atoms with E-state index in [1.54, 1.807) is 0 Å². The lowest BCUT2D eigenvalue weighted by Crippen LogP contribution is -2.13. The van der Waals surface area contributed by atoms with Crippen molar-refractivity contribution in [2.24, 2.45) is 0 Å². The highest BCUT2D eigenvalue weighted by molar-refractivity contribution is 5.89. The van der Waals surface area contributed by atoms with Gasteiger partial charge in [0, 0.05) is 5.56 Å². The molecule has 3 N–H and O–H groups in total. The van der Waals surface area contributed by atoms with Crippen LogP contribution >= 0.6 is 0 Å². The third-order valence-corrected chi connectivity index (χ3v) is 2.26. The Bertz CT molecular complexity index is 509. The highest BCUT2D eigenvalue weighted by Gasteiger charge is 2.15. The maximum absolute atomic E-state index is 10.9. The molecule has 0 aliphatic rings. The molecule has 0 aromatic heterocycles. The molecule has 0 atom stereocenters. The number of ether oxygens (including phenoxy) is 2. The molecule has 0 saturated carbocycles. The largest absolute Gasteiger partial charge is 0.481 e. The normalized spacial score (nSPS) is 9.85. The van der Waals surface area contributed by atoms with Crippen molar-refractivity contribution in [1.29, 1.82) is 0 Å². The zero-order chi connectivity index (χ0) is 15.3. The molecule has 0 fully saturated rings. The van der Waals surface area contributed by atoms with Crippen LogP contribution in [-0.2, 0) is 9.59 Å². The van der Waals surface area contributed by atoms with Gasteiger partial charge in [-0.3, -0.25) is 0 Å². The molecule has 1 aromatic carbocycles. The van der Waals surface area contributed by atoms with Gasteiger partial charge in [0.1, 0.15) is 11.5 Å². The summed E-state index contributed by atoms with van der Waals surface area (Å²) in [7, 11) is 0. The van der Waals surface area contributed by atoms with E-state index < -0.39 is 31.1 Å². The second kappa shape index (κ2) is 6.41. The van der Waals surface area contributed by atoms with Crippen molar-refractivity contribution < 1.29 is 39.2 Å². The van der Waals surface area contributed by atoms with Crippen molar-refractivity contribution >= 4 is 17.9 Å². The van der Waals surface area contributed by atoms with Gasteiger partial charge in [-0.25, -0.2) is 14.4 Å². The number of carboxylic acids is 3. The Morgan fingerprint density at radius 2 is 1.35 bits per heavy atom. The second-order valence-corrected chi connectivity index (χ2v) is 3.77. The van der Waals surface area contributed by atoms with Gasteiger partial charge in [0.2, 0.25) is 0 Å². The lowest BCUT2D eigenvalue weighted by atomic mass is 10.1. The number of hydrogen-bond donors (Lipinski definition) is 3. The predicted octanol–water partition coefficient (Wildman–Crippen LogP) is 0.620. The van der Waals surface area contributed by atoms with Crippen molar-refractivity contribution in [2.75, 3.05) is 13.2 Å². The van der Waals surface area contributed by atoms with Gasteiger partial charge in [-0.2, -0.15) is 0 Å². The fraction of sp³-hybridized carbons (Fsp3) is 0.250. The van der Waals surface area contributed by atoms with Crippen LogP contribution in [0.5, 0.6) is 11.5 Å². The molecule has 8 nitrogen and oxygen atoms in total. The summed E-state index contributed by atoms with van der Waals surface area (Å²) in [5, 5.41) is 26.0. The lowest BCUT2D eigenvalue weighted by Gasteiger charge is -2.13. The van der Waals surface area contributed by atoms with Gasteiger partial charge in [0.15, 0.2) is 13.2 Å². The summed E-state index contributed by atoms with van der Waals surface area (Å²) in [5.74, 6) is -3.71. The molecule has 20 heavy (non-hydrogen) atoms. The van der Waals surface area contributed by atoms with Gasteiger partial charge in [0.25, 0.3) is 0 Å². The summed E-state index contributed by atoms with van der Waals surface area (Å²) in [6.07, 6.45) is 0. The van der Waals surface area contributed by atoms with Gasteiger partial charge in [0.05, 0.1) is 5.56 Å². The van der Waals surface area contributed by atoms with E-state index in [9.17, 15) is 14.4 Å². The minimum atomic E-state index is -1.27. The van der Waals surface area contributed by atoms with Crippen LogP contribution in [0.4, 0.5) is 0 Å². The Balaban J connectivity index is 3.11. The molecule has 0 radical (unpaired) electrons. The molecule has 1 rings (SSSR count). The Morgan fingerprint density at radius 1 is 0.950 bits per heavy atom. The van der Waals surface area contributed by atoms with Gasteiger partial charge >= 0.3 is 17.9 Å². The highest BCUT2D eigenvalue weighted by atomic mass is 16.5. The number of aliphatic carboxylic acids is 2. The predicted molar refractivity (Wildman–Crippen MR) is 64.4 cm³/mol. The van der Waals surface area contributed by atoms with Crippen LogP contribution in [0.25, 0.3) is 0 Å². The molecule has 1 aromatic rings.